The van der Waals surface area contributed by atoms with Crippen molar-refractivity contribution in [2.75, 3.05) is 54.4 Å². The van der Waals surface area contributed by atoms with Crippen LogP contribution in [0.2, 0.25) is 0 Å². The summed E-state index contributed by atoms with van der Waals surface area (Å²) in [5.74, 6) is -1.64. The predicted octanol–water partition coefficient (Wildman–Crippen LogP) is 6.83. The van der Waals surface area contributed by atoms with Gasteiger partial charge in [-0.3, -0.25) is 38.8 Å². The lowest BCUT2D eigenvalue weighted by atomic mass is 9.78. The summed E-state index contributed by atoms with van der Waals surface area (Å²) < 4.78 is 24.7. The zero-order chi connectivity index (χ0) is 52.3. The maximum absolute atomic E-state index is 13.9. The van der Waals surface area contributed by atoms with E-state index in [1.807, 2.05) is 0 Å². The van der Waals surface area contributed by atoms with E-state index < -0.39 is 36.0 Å². The molecule has 0 amide bonds. The van der Waals surface area contributed by atoms with Crippen molar-refractivity contribution in [2.24, 2.45) is 0 Å². The molecule has 3 N–H and O–H groups in total. The monoisotopic (exact) mass is 976 g/mol. The van der Waals surface area contributed by atoms with Gasteiger partial charge >= 0.3 is 23.9 Å². The quantitative estimate of drug-likeness (QED) is 0.0663. The summed E-state index contributed by atoms with van der Waals surface area (Å²) in [7, 11) is 8.49. The normalized spacial score (nSPS) is 26.1. The van der Waals surface area contributed by atoms with Crippen LogP contribution in [0, 0.1) is 0 Å². The van der Waals surface area contributed by atoms with Crippen LogP contribution in [-0.4, -0.2) is 179 Å². The lowest BCUT2D eigenvalue weighted by Crippen LogP contribution is -2.61. The molecule has 4 aliphatic rings. The summed E-state index contributed by atoms with van der Waals surface area (Å²) in [5, 5.41) is 10.2. The fourth-order valence-corrected chi connectivity index (χ4v) is 12.3. The van der Waals surface area contributed by atoms with Gasteiger partial charge in [0.25, 0.3) is 0 Å². The van der Waals surface area contributed by atoms with E-state index in [-0.39, 0.29) is 81.6 Å². The number of hydrogen-bond donors (Lipinski definition) is 3. The molecule has 4 rings (SSSR count). The molecular formula is C54H101N7O8. The zero-order valence-corrected chi connectivity index (χ0v) is 47.3. The Labute approximate surface area is 419 Å². The maximum Gasteiger partial charge on any atom is 0.324 e. The Morgan fingerprint density at radius 3 is 0.841 bits per heavy atom. The average molecular weight is 976 g/mol. The summed E-state index contributed by atoms with van der Waals surface area (Å²) in [5.41, 5.74) is -1.25. The van der Waals surface area contributed by atoms with E-state index in [0.717, 1.165) is 0 Å². The first-order valence-corrected chi connectivity index (χ1v) is 26.3. The van der Waals surface area contributed by atoms with Gasteiger partial charge in [0.15, 0.2) is 0 Å². The van der Waals surface area contributed by atoms with E-state index in [9.17, 15) is 19.2 Å². The lowest BCUT2D eigenvalue weighted by Gasteiger charge is -2.53. The van der Waals surface area contributed by atoms with Crippen LogP contribution in [-0.2, 0) is 38.1 Å². The van der Waals surface area contributed by atoms with Crippen molar-refractivity contribution in [3.63, 3.8) is 0 Å². The molecule has 0 aliphatic carbocycles. The highest BCUT2D eigenvalue weighted by Gasteiger charge is 2.49. The van der Waals surface area contributed by atoms with Crippen LogP contribution >= 0.6 is 0 Å². The van der Waals surface area contributed by atoms with Crippen LogP contribution in [0.25, 0.3) is 0 Å². The Bertz CT molecular complexity index is 1560. The molecule has 0 saturated carbocycles. The predicted molar refractivity (Wildman–Crippen MR) is 275 cm³/mol. The number of nitrogens with one attached hydrogen (secondary N) is 3. The smallest absolute Gasteiger partial charge is 0.324 e. The molecule has 69 heavy (non-hydrogen) atoms. The Balaban J connectivity index is 1.32. The van der Waals surface area contributed by atoms with Crippen LogP contribution in [0.1, 0.15) is 188 Å². The molecule has 4 heterocycles. The second-order valence-electron chi connectivity index (χ2n) is 26.6. The molecule has 0 radical (unpaired) electrons. The Morgan fingerprint density at radius 2 is 0.609 bits per heavy atom. The molecule has 15 heteroatoms. The Hall–Kier alpha value is -2.40. The number of nitrogens with zero attached hydrogens (tertiary/aromatic N) is 4. The van der Waals surface area contributed by atoms with Crippen molar-refractivity contribution in [3.05, 3.63) is 0 Å². The third-order valence-electron chi connectivity index (χ3n) is 17.4. The van der Waals surface area contributed by atoms with Gasteiger partial charge in [-0.05, 0) is 178 Å². The molecular weight excluding hydrogens is 875 g/mol. The van der Waals surface area contributed by atoms with Crippen molar-refractivity contribution in [1.29, 1.82) is 0 Å². The molecule has 0 aromatic carbocycles. The Morgan fingerprint density at radius 1 is 0.391 bits per heavy atom. The molecule has 0 bridgehead atoms. The van der Waals surface area contributed by atoms with Gasteiger partial charge in [-0.1, -0.05) is 0 Å². The van der Waals surface area contributed by atoms with Gasteiger partial charge in [0, 0.05) is 95.7 Å². The van der Waals surface area contributed by atoms with Crippen molar-refractivity contribution < 1.29 is 38.1 Å². The number of carbonyl (C=O) groups excluding carboxylic acids is 4. The molecule has 0 aromatic rings. The first-order chi connectivity index (χ1) is 31.4. The molecule has 2 unspecified atom stereocenters. The molecule has 4 fully saturated rings. The number of carbonyl (C=O) groups is 4. The van der Waals surface area contributed by atoms with Crippen LogP contribution in [0.15, 0.2) is 0 Å². The Kier molecular flexibility index (Phi) is 19.2. The second kappa shape index (κ2) is 22.4. The second-order valence-corrected chi connectivity index (χ2v) is 26.6. The number of likely N-dealkylation sites (tertiary alicyclic amines) is 4. The fourth-order valence-electron chi connectivity index (χ4n) is 12.3. The van der Waals surface area contributed by atoms with Crippen LogP contribution in [0.4, 0.5) is 0 Å². The van der Waals surface area contributed by atoms with E-state index in [2.05, 4.69) is 175 Å². The van der Waals surface area contributed by atoms with E-state index in [1.54, 1.807) is 0 Å². The minimum atomic E-state index is -0.840. The topological polar surface area (TPSA) is 154 Å². The summed E-state index contributed by atoms with van der Waals surface area (Å²) in [4.78, 5) is 64.5. The van der Waals surface area contributed by atoms with Crippen LogP contribution in [0.3, 0.4) is 0 Å². The molecule has 0 aromatic heterocycles. The number of hydrogen-bond acceptors (Lipinski definition) is 15. The summed E-state index contributed by atoms with van der Waals surface area (Å²) >= 11 is 0. The fraction of sp³-hybridized carbons (Fsp3) is 0.926. The van der Waals surface area contributed by atoms with Crippen molar-refractivity contribution in [1.82, 2.24) is 35.6 Å². The van der Waals surface area contributed by atoms with Gasteiger partial charge < -0.3 is 34.9 Å². The summed E-state index contributed by atoms with van der Waals surface area (Å²) in [6.07, 6.45) is 5.79. The molecule has 15 nitrogen and oxygen atoms in total. The number of esters is 4. The molecule has 400 valence electrons. The first-order valence-electron chi connectivity index (χ1n) is 26.3. The van der Waals surface area contributed by atoms with Crippen LogP contribution < -0.4 is 16.0 Å². The highest BCUT2D eigenvalue weighted by Crippen LogP contribution is 2.42. The van der Waals surface area contributed by atoms with Gasteiger partial charge in [-0.2, -0.15) is 0 Å². The van der Waals surface area contributed by atoms with E-state index in [4.69, 9.17) is 18.9 Å². The van der Waals surface area contributed by atoms with Gasteiger partial charge in [0.05, 0.1) is 12.8 Å². The molecule has 2 atom stereocenters. The largest absolute Gasteiger partial charge is 0.462 e. The maximum atomic E-state index is 13.9. The third-order valence-corrected chi connectivity index (χ3v) is 17.4. The summed E-state index contributed by atoms with van der Waals surface area (Å²) in [6, 6.07) is -1.68. The number of rotatable bonds is 20. The highest BCUT2D eigenvalue weighted by atomic mass is 16.6. The van der Waals surface area contributed by atoms with E-state index in [0.29, 0.717) is 90.4 Å². The van der Waals surface area contributed by atoms with Crippen molar-refractivity contribution in [3.8, 4) is 0 Å². The highest BCUT2D eigenvalue weighted by molar-refractivity contribution is 5.83. The standard InChI is InChI=1S/C54H101N7O8/c1-47(2)29-37(30-48(3,4)58(47)17)66-43(62)27-41(45(64)68-39-33-51(9,10)60(19)52(11,12)34-39)56-25-21-23-55-24-22-26-57-42(46(65)69-40-35-53(13,14)61(20)54(15,16)36-40)28-44(63)67-38-31-49(5,6)59(18)50(7,8)32-38/h37-42,55-57H,21-36H2,1-20H3. The van der Waals surface area contributed by atoms with Gasteiger partial charge in [-0.25, -0.2) is 0 Å². The van der Waals surface area contributed by atoms with E-state index in [1.165, 1.54) is 0 Å². The van der Waals surface area contributed by atoms with Gasteiger partial charge in [0.2, 0.25) is 0 Å². The summed E-state index contributed by atoms with van der Waals surface area (Å²) in [6.45, 7) is 37.1. The SMILES string of the molecule is CN1C(C)(C)CC(OC(=O)CC(NCCCNCCCNC(CC(=O)OC2CC(C)(C)N(C)C(C)(C)C2)C(=O)OC2CC(C)(C)N(C)C(C)(C)C2)C(=O)OC2CC(C)(C)N(C)C(C)(C)C2)CC1(C)C. The third kappa shape index (κ3) is 15.8. The molecule has 4 aliphatic heterocycles. The zero-order valence-electron chi connectivity index (χ0n) is 47.3. The van der Waals surface area contributed by atoms with Gasteiger partial charge in [0.1, 0.15) is 36.5 Å². The number of ether oxygens (including phenoxy) is 4. The van der Waals surface area contributed by atoms with Crippen LogP contribution in [0.5, 0.6) is 0 Å². The first kappa shape index (κ1) is 59.2. The number of piperidine rings is 4. The molecule has 0 spiro atoms. The van der Waals surface area contributed by atoms with E-state index >= 15 is 0 Å². The van der Waals surface area contributed by atoms with Crippen molar-refractivity contribution >= 4 is 23.9 Å². The minimum absolute atomic E-state index is 0.108. The van der Waals surface area contributed by atoms with Gasteiger partial charge in [-0.15, -0.1) is 0 Å². The lowest BCUT2D eigenvalue weighted by molar-refractivity contribution is -0.168. The minimum Gasteiger partial charge on any atom is -0.462 e. The molecule has 4 saturated heterocycles. The van der Waals surface area contributed by atoms with Crippen molar-refractivity contribution in [2.45, 2.75) is 269 Å². The average Bonchev–Trinajstić information content (AvgIpc) is 3.17.